The molecule has 0 spiro atoms. The van der Waals surface area contributed by atoms with Gasteiger partial charge in [0.25, 0.3) is 0 Å². The minimum Gasteiger partial charge on any atom is -0.497 e. The lowest BCUT2D eigenvalue weighted by Gasteiger charge is -2.06. The van der Waals surface area contributed by atoms with E-state index >= 15 is 0 Å². The predicted octanol–water partition coefficient (Wildman–Crippen LogP) is 4.62. The molecular weight excluding hydrogens is 288 g/mol. The first-order chi connectivity index (χ1) is 11.3. The Kier molecular flexibility index (Phi) is 3.12. The van der Waals surface area contributed by atoms with Crippen LogP contribution in [0.1, 0.15) is 0 Å². The lowest BCUT2D eigenvalue weighted by Crippen LogP contribution is -2.05. The first-order valence-corrected chi connectivity index (χ1v) is 7.35. The molecule has 23 heavy (non-hydrogen) atoms. The molecule has 0 unspecified atom stereocenters. The van der Waals surface area contributed by atoms with Crippen LogP contribution in [0.3, 0.4) is 0 Å². The van der Waals surface area contributed by atoms with Crippen molar-refractivity contribution in [1.29, 1.82) is 0 Å². The smallest absolute Gasteiger partial charge is 0.201 e. The molecule has 4 aromatic rings. The molecule has 0 amide bonds. The molecular formula is C20H14O3. The standard InChI is InChI=1S/C20H14O3/c1-22-15-9-6-14(7-10-15)17-12-23-18-11-8-13-4-2-3-5-16(13)19(18)20(17)21/h2-12H,1H3. The van der Waals surface area contributed by atoms with Crippen LogP contribution in [-0.4, -0.2) is 7.11 Å². The molecule has 3 aromatic carbocycles. The Hall–Kier alpha value is -3.07. The summed E-state index contributed by atoms with van der Waals surface area (Å²) in [4.78, 5) is 13.0. The highest BCUT2D eigenvalue weighted by Gasteiger charge is 2.11. The van der Waals surface area contributed by atoms with Gasteiger partial charge in [-0.15, -0.1) is 0 Å². The van der Waals surface area contributed by atoms with Crippen molar-refractivity contribution in [2.45, 2.75) is 0 Å². The number of benzene rings is 3. The van der Waals surface area contributed by atoms with Gasteiger partial charge in [0, 0.05) is 0 Å². The topological polar surface area (TPSA) is 39.4 Å². The molecule has 3 nitrogen and oxygen atoms in total. The first kappa shape index (κ1) is 13.6. The monoisotopic (exact) mass is 302 g/mol. The zero-order chi connectivity index (χ0) is 15.8. The Bertz CT molecular complexity index is 1060. The molecule has 0 bridgehead atoms. The summed E-state index contributed by atoms with van der Waals surface area (Å²) in [5.41, 5.74) is 1.95. The van der Waals surface area contributed by atoms with E-state index in [1.165, 1.54) is 6.26 Å². The Morgan fingerprint density at radius 2 is 1.70 bits per heavy atom. The zero-order valence-corrected chi connectivity index (χ0v) is 12.6. The van der Waals surface area contributed by atoms with Crippen LogP contribution in [0.2, 0.25) is 0 Å². The molecule has 0 aliphatic carbocycles. The summed E-state index contributed by atoms with van der Waals surface area (Å²) >= 11 is 0. The van der Waals surface area contributed by atoms with E-state index in [9.17, 15) is 4.79 Å². The number of hydrogen-bond donors (Lipinski definition) is 0. The van der Waals surface area contributed by atoms with Gasteiger partial charge >= 0.3 is 0 Å². The van der Waals surface area contributed by atoms with Gasteiger partial charge in [-0.1, -0.05) is 42.5 Å². The lowest BCUT2D eigenvalue weighted by atomic mass is 10.0. The average molecular weight is 302 g/mol. The molecule has 4 rings (SSSR count). The van der Waals surface area contributed by atoms with Gasteiger partial charge in [0.2, 0.25) is 5.43 Å². The van der Waals surface area contributed by atoms with Gasteiger partial charge in [-0.25, -0.2) is 0 Å². The maximum absolute atomic E-state index is 13.0. The minimum absolute atomic E-state index is 0.0202. The van der Waals surface area contributed by atoms with Crippen LogP contribution in [0, 0.1) is 0 Å². The second-order valence-corrected chi connectivity index (χ2v) is 5.37. The van der Waals surface area contributed by atoms with Crippen LogP contribution in [0.5, 0.6) is 5.75 Å². The SMILES string of the molecule is COc1ccc(-c2coc3ccc4ccccc4c3c2=O)cc1. The molecule has 1 aromatic heterocycles. The van der Waals surface area contributed by atoms with Gasteiger partial charge in [0.1, 0.15) is 17.6 Å². The molecule has 0 fully saturated rings. The summed E-state index contributed by atoms with van der Waals surface area (Å²) in [5.74, 6) is 0.754. The van der Waals surface area contributed by atoms with E-state index in [4.69, 9.17) is 9.15 Å². The van der Waals surface area contributed by atoms with Gasteiger partial charge in [-0.2, -0.15) is 0 Å². The quantitative estimate of drug-likeness (QED) is 0.507. The Morgan fingerprint density at radius 3 is 2.48 bits per heavy atom. The van der Waals surface area contributed by atoms with Crippen LogP contribution in [0.15, 0.2) is 76.1 Å². The van der Waals surface area contributed by atoms with Crippen molar-refractivity contribution in [2.24, 2.45) is 0 Å². The number of ether oxygens (including phenoxy) is 1. The highest BCUT2D eigenvalue weighted by Crippen LogP contribution is 2.26. The number of methoxy groups -OCH3 is 1. The molecule has 1 heterocycles. The maximum atomic E-state index is 13.0. The third-order valence-electron chi connectivity index (χ3n) is 4.07. The van der Waals surface area contributed by atoms with E-state index in [1.54, 1.807) is 7.11 Å². The van der Waals surface area contributed by atoms with Crippen molar-refractivity contribution < 1.29 is 9.15 Å². The summed E-state index contributed by atoms with van der Waals surface area (Å²) in [6, 6.07) is 19.0. The van der Waals surface area contributed by atoms with E-state index in [2.05, 4.69) is 0 Å². The number of hydrogen-bond acceptors (Lipinski definition) is 3. The van der Waals surface area contributed by atoms with Crippen molar-refractivity contribution in [2.75, 3.05) is 7.11 Å². The third-order valence-corrected chi connectivity index (χ3v) is 4.07. The molecule has 0 atom stereocenters. The van der Waals surface area contributed by atoms with Gasteiger partial charge in [0.15, 0.2) is 0 Å². The highest BCUT2D eigenvalue weighted by molar-refractivity contribution is 6.06. The van der Waals surface area contributed by atoms with Crippen molar-refractivity contribution in [1.82, 2.24) is 0 Å². The number of fused-ring (bicyclic) bond motifs is 3. The van der Waals surface area contributed by atoms with Crippen LogP contribution in [0.25, 0.3) is 32.9 Å². The van der Waals surface area contributed by atoms with Crippen molar-refractivity contribution in [3.8, 4) is 16.9 Å². The van der Waals surface area contributed by atoms with Gasteiger partial charge < -0.3 is 9.15 Å². The largest absolute Gasteiger partial charge is 0.497 e. The van der Waals surface area contributed by atoms with E-state index in [-0.39, 0.29) is 5.43 Å². The van der Waals surface area contributed by atoms with Crippen molar-refractivity contribution >= 4 is 21.7 Å². The maximum Gasteiger partial charge on any atom is 0.201 e. The summed E-state index contributed by atoms with van der Waals surface area (Å²) in [5, 5.41) is 2.56. The van der Waals surface area contributed by atoms with Crippen LogP contribution >= 0.6 is 0 Å². The lowest BCUT2D eigenvalue weighted by molar-refractivity contribution is 0.415. The normalized spacial score (nSPS) is 11.0. The molecule has 0 N–H and O–H groups in total. The summed E-state index contributed by atoms with van der Waals surface area (Å²) in [6.07, 6.45) is 1.53. The van der Waals surface area contributed by atoms with Crippen LogP contribution in [0.4, 0.5) is 0 Å². The predicted molar refractivity (Wildman–Crippen MR) is 92.0 cm³/mol. The summed E-state index contributed by atoms with van der Waals surface area (Å²) in [7, 11) is 1.62. The summed E-state index contributed by atoms with van der Waals surface area (Å²) in [6.45, 7) is 0. The summed E-state index contributed by atoms with van der Waals surface area (Å²) < 4.78 is 10.9. The first-order valence-electron chi connectivity index (χ1n) is 7.35. The molecule has 0 aliphatic rings. The number of rotatable bonds is 2. The highest BCUT2D eigenvalue weighted by atomic mass is 16.5. The van der Waals surface area contributed by atoms with Crippen LogP contribution in [-0.2, 0) is 0 Å². The fourth-order valence-corrected chi connectivity index (χ4v) is 2.86. The second-order valence-electron chi connectivity index (χ2n) is 5.37. The zero-order valence-electron chi connectivity index (χ0n) is 12.6. The molecule has 0 saturated heterocycles. The molecule has 0 saturated carbocycles. The van der Waals surface area contributed by atoms with Gasteiger partial charge in [-0.3, -0.25) is 4.79 Å². The minimum atomic E-state index is -0.0202. The fourth-order valence-electron chi connectivity index (χ4n) is 2.86. The molecule has 3 heteroatoms. The van der Waals surface area contributed by atoms with Gasteiger partial charge in [0.05, 0.1) is 18.1 Å². The molecule has 112 valence electrons. The Morgan fingerprint density at radius 1 is 0.913 bits per heavy atom. The van der Waals surface area contributed by atoms with E-state index < -0.39 is 0 Å². The fraction of sp³-hybridized carbons (Fsp3) is 0.0500. The van der Waals surface area contributed by atoms with Gasteiger partial charge in [-0.05, 0) is 34.5 Å². The molecule has 0 aliphatic heterocycles. The second kappa shape index (κ2) is 5.29. The Balaban J connectivity index is 2.03. The van der Waals surface area contributed by atoms with Crippen molar-refractivity contribution in [3.05, 3.63) is 77.2 Å². The van der Waals surface area contributed by atoms with E-state index in [0.29, 0.717) is 16.5 Å². The molecule has 0 radical (unpaired) electrons. The van der Waals surface area contributed by atoms with E-state index in [0.717, 1.165) is 22.1 Å². The average Bonchev–Trinajstić information content (AvgIpc) is 2.62. The Labute approximate surface area is 132 Å². The van der Waals surface area contributed by atoms with E-state index in [1.807, 2.05) is 60.7 Å². The van der Waals surface area contributed by atoms with Crippen molar-refractivity contribution in [3.63, 3.8) is 0 Å². The third kappa shape index (κ3) is 2.18. The van der Waals surface area contributed by atoms with Crippen LogP contribution < -0.4 is 10.2 Å².